The van der Waals surface area contributed by atoms with E-state index in [0.717, 1.165) is 36.6 Å². The van der Waals surface area contributed by atoms with E-state index in [1.54, 1.807) is 12.3 Å². The Hall–Kier alpha value is -1.88. The quantitative estimate of drug-likeness (QED) is 0.855. The number of hydrogen-bond acceptors (Lipinski definition) is 4. The molecule has 1 aliphatic heterocycles. The molecule has 0 radical (unpaired) electrons. The van der Waals surface area contributed by atoms with Crippen molar-refractivity contribution in [3.8, 4) is 0 Å². The van der Waals surface area contributed by atoms with Gasteiger partial charge in [-0.25, -0.2) is 14.4 Å². The number of aromatic nitrogens is 3. The van der Waals surface area contributed by atoms with Crippen LogP contribution in [0.3, 0.4) is 0 Å². The van der Waals surface area contributed by atoms with Crippen molar-refractivity contribution < 1.29 is 4.39 Å². The van der Waals surface area contributed by atoms with Gasteiger partial charge in [0.15, 0.2) is 0 Å². The summed E-state index contributed by atoms with van der Waals surface area (Å²) in [6.07, 6.45) is 5.71. The van der Waals surface area contributed by atoms with Crippen molar-refractivity contribution in [3.05, 3.63) is 53.1 Å². The molecule has 22 heavy (non-hydrogen) atoms. The molecule has 0 fully saturated rings. The van der Waals surface area contributed by atoms with Crippen LogP contribution in [0.4, 0.5) is 4.39 Å². The summed E-state index contributed by atoms with van der Waals surface area (Å²) in [5, 5.41) is 0. The number of halogens is 1. The molecule has 3 heterocycles. The van der Waals surface area contributed by atoms with Crippen molar-refractivity contribution in [1.82, 2.24) is 19.9 Å². The van der Waals surface area contributed by atoms with Crippen LogP contribution in [0, 0.1) is 5.82 Å². The van der Waals surface area contributed by atoms with E-state index in [2.05, 4.69) is 35.6 Å². The number of pyridine rings is 1. The summed E-state index contributed by atoms with van der Waals surface area (Å²) >= 11 is 0. The fraction of sp³-hybridized carbons (Fsp3) is 0.471. The highest BCUT2D eigenvalue weighted by Crippen LogP contribution is 2.23. The van der Waals surface area contributed by atoms with E-state index in [1.165, 1.54) is 6.20 Å². The van der Waals surface area contributed by atoms with Crippen molar-refractivity contribution in [2.75, 3.05) is 6.54 Å². The molecule has 0 aromatic carbocycles. The minimum atomic E-state index is -0.243. The first-order chi connectivity index (χ1) is 10.4. The van der Waals surface area contributed by atoms with Crippen LogP contribution < -0.4 is 0 Å². The predicted molar refractivity (Wildman–Crippen MR) is 82.7 cm³/mol. The average molecular weight is 300 g/mol. The maximum absolute atomic E-state index is 13.7. The minimum Gasteiger partial charge on any atom is -0.294 e. The van der Waals surface area contributed by atoms with Gasteiger partial charge in [-0.1, -0.05) is 20.8 Å². The fourth-order valence-electron chi connectivity index (χ4n) is 2.64. The molecule has 2 aromatic rings. The van der Waals surface area contributed by atoms with E-state index in [0.29, 0.717) is 12.1 Å². The molecule has 0 unspecified atom stereocenters. The summed E-state index contributed by atoms with van der Waals surface area (Å²) in [4.78, 5) is 15.2. The second-order valence-corrected chi connectivity index (χ2v) is 6.84. The third kappa shape index (κ3) is 3.14. The third-order valence-corrected chi connectivity index (χ3v) is 3.93. The van der Waals surface area contributed by atoms with E-state index in [-0.39, 0.29) is 11.2 Å². The van der Waals surface area contributed by atoms with Gasteiger partial charge < -0.3 is 0 Å². The number of nitrogens with zero attached hydrogens (tertiary/aromatic N) is 4. The summed E-state index contributed by atoms with van der Waals surface area (Å²) in [5.41, 5.74) is 2.93. The SMILES string of the molecule is CC(C)(C)c1ncc2c(n1)CCN(Cc1ccncc1F)C2. The van der Waals surface area contributed by atoms with Gasteiger partial charge in [-0.3, -0.25) is 9.88 Å². The van der Waals surface area contributed by atoms with Crippen molar-refractivity contribution >= 4 is 0 Å². The Morgan fingerprint density at radius 3 is 2.82 bits per heavy atom. The predicted octanol–water partition coefficient (Wildman–Crippen LogP) is 2.87. The molecule has 0 aliphatic carbocycles. The molecule has 2 aromatic heterocycles. The maximum Gasteiger partial charge on any atom is 0.145 e. The summed E-state index contributed by atoms with van der Waals surface area (Å²) in [5.74, 6) is 0.646. The smallest absolute Gasteiger partial charge is 0.145 e. The molecule has 4 nitrogen and oxygen atoms in total. The van der Waals surface area contributed by atoms with Crippen LogP contribution in [0.5, 0.6) is 0 Å². The molecule has 0 bridgehead atoms. The third-order valence-electron chi connectivity index (χ3n) is 3.93. The van der Waals surface area contributed by atoms with Crippen molar-refractivity contribution in [3.63, 3.8) is 0 Å². The van der Waals surface area contributed by atoms with E-state index in [4.69, 9.17) is 4.98 Å². The van der Waals surface area contributed by atoms with E-state index in [1.807, 2.05) is 6.20 Å². The molecule has 5 heteroatoms. The van der Waals surface area contributed by atoms with Crippen molar-refractivity contribution in [2.24, 2.45) is 0 Å². The second kappa shape index (κ2) is 5.72. The lowest BCUT2D eigenvalue weighted by atomic mass is 9.95. The molecule has 0 amide bonds. The van der Waals surface area contributed by atoms with E-state index < -0.39 is 0 Å². The van der Waals surface area contributed by atoms with Gasteiger partial charge in [-0.2, -0.15) is 0 Å². The highest BCUT2D eigenvalue weighted by Gasteiger charge is 2.23. The van der Waals surface area contributed by atoms with Gasteiger partial charge in [0.05, 0.1) is 6.20 Å². The van der Waals surface area contributed by atoms with Gasteiger partial charge >= 0.3 is 0 Å². The summed E-state index contributed by atoms with van der Waals surface area (Å²) in [6, 6.07) is 1.74. The highest BCUT2D eigenvalue weighted by molar-refractivity contribution is 5.23. The molecule has 0 saturated carbocycles. The molecule has 0 N–H and O–H groups in total. The van der Waals surface area contributed by atoms with Crippen LogP contribution in [-0.4, -0.2) is 26.4 Å². The normalized spacial score (nSPS) is 15.6. The molecular formula is C17H21FN4. The number of rotatable bonds is 2. The second-order valence-electron chi connectivity index (χ2n) is 6.84. The Morgan fingerprint density at radius 2 is 2.09 bits per heavy atom. The molecule has 0 spiro atoms. The van der Waals surface area contributed by atoms with Crippen LogP contribution in [-0.2, 0) is 24.9 Å². The van der Waals surface area contributed by atoms with E-state index in [9.17, 15) is 4.39 Å². The van der Waals surface area contributed by atoms with Crippen molar-refractivity contribution in [1.29, 1.82) is 0 Å². The van der Waals surface area contributed by atoms with Crippen LogP contribution in [0.1, 0.15) is 43.4 Å². The zero-order valence-electron chi connectivity index (χ0n) is 13.3. The first kappa shape index (κ1) is 15.0. The maximum atomic E-state index is 13.7. The Kier molecular flexibility index (Phi) is 3.91. The lowest BCUT2D eigenvalue weighted by molar-refractivity contribution is 0.238. The van der Waals surface area contributed by atoms with Crippen LogP contribution in [0.15, 0.2) is 24.7 Å². The van der Waals surface area contributed by atoms with Gasteiger partial charge in [0.2, 0.25) is 0 Å². The standard InChI is InChI=1S/C17H21FN4/c1-17(2,3)16-20-8-13-11-22(7-5-15(13)21-16)10-12-4-6-19-9-14(12)18/h4,6,8-9H,5,7,10-11H2,1-3H3. The average Bonchev–Trinajstić information content (AvgIpc) is 2.48. The van der Waals surface area contributed by atoms with Gasteiger partial charge in [-0.15, -0.1) is 0 Å². The zero-order chi connectivity index (χ0) is 15.7. The lowest BCUT2D eigenvalue weighted by Crippen LogP contribution is -2.32. The van der Waals surface area contributed by atoms with Crippen LogP contribution >= 0.6 is 0 Å². The van der Waals surface area contributed by atoms with Gasteiger partial charge in [-0.05, 0) is 6.07 Å². The largest absolute Gasteiger partial charge is 0.294 e. The summed E-state index contributed by atoms with van der Waals surface area (Å²) < 4.78 is 13.7. The van der Waals surface area contributed by atoms with Gasteiger partial charge in [0.25, 0.3) is 0 Å². The van der Waals surface area contributed by atoms with E-state index >= 15 is 0 Å². The van der Waals surface area contributed by atoms with Crippen molar-refractivity contribution in [2.45, 2.75) is 45.7 Å². The minimum absolute atomic E-state index is 0.0354. The monoisotopic (exact) mass is 300 g/mol. The zero-order valence-corrected chi connectivity index (χ0v) is 13.3. The number of hydrogen-bond donors (Lipinski definition) is 0. The Bertz CT molecular complexity index is 679. The molecule has 3 rings (SSSR count). The molecule has 116 valence electrons. The van der Waals surface area contributed by atoms with Crippen LogP contribution in [0.2, 0.25) is 0 Å². The molecule has 1 aliphatic rings. The van der Waals surface area contributed by atoms with Gasteiger partial charge in [0.1, 0.15) is 11.6 Å². The Morgan fingerprint density at radius 1 is 1.27 bits per heavy atom. The highest BCUT2D eigenvalue weighted by atomic mass is 19.1. The topological polar surface area (TPSA) is 41.9 Å². The fourth-order valence-corrected chi connectivity index (χ4v) is 2.64. The summed E-state index contributed by atoms with van der Waals surface area (Å²) in [6.45, 7) is 8.61. The molecule has 0 atom stereocenters. The Balaban J connectivity index is 1.76. The van der Waals surface area contributed by atoms with Gasteiger partial charge in [0, 0.05) is 60.7 Å². The molecular weight excluding hydrogens is 279 g/mol. The Labute approximate surface area is 130 Å². The molecule has 0 saturated heterocycles. The van der Waals surface area contributed by atoms with Crippen LogP contribution in [0.25, 0.3) is 0 Å². The lowest BCUT2D eigenvalue weighted by Gasteiger charge is -2.29. The first-order valence-corrected chi connectivity index (χ1v) is 7.59. The number of fused-ring (bicyclic) bond motifs is 1. The summed E-state index contributed by atoms with van der Waals surface area (Å²) in [7, 11) is 0. The first-order valence-electron chi connectivity index (χ1n) is 7.59.